The topological polar surface area (TPSA) is 35.5 Å². The Morgan fingerprint density at radius 2 is 1.74 bits per heavy atom. The molecule has 0 spiro atoms. The first kappa shape index (κ1) is 22.2. The summed E-state index contributed by atoms with van der Waals surface area (Å²) in [6, 6.07) is 14.2. The number of hydrogen-bond acceptors (Lipinski definition) is 3. The summed E-state index contributed by atoms with van der Waals surface area (Å²) in [5, 5.41) is 0.725. The van der Waals surface area contributed by atoms with Gasteiger partial charge in [0, 0.05) is 34.4 Å². The number of para-hydroxylation sites is 1. The van der Waals surface area contributed by atoms with Gasteiger partial charge in [0.25, 0.3) is 0 Å². The van der Waals surface area contributed by atoms with E-state index in [0.717, 1.165) is 48.0 Å². The van der Waals surface area contributed by atoms with Gasteiger partial charge < -0.3 is 9.47 Å². The van der Waals surface area contributed by atoms with E-state index in [1.807, 2.05) is 30.3 Å². The number of esters is 1. The number of carbonyl (C=O) groups is 1. The molecule has 2 aliphatic heterocycles. The monoisotopic (exact) mass is 442 g/mol. The van der Waals surface area contributed by atoms with E-state index >= 15 is 0 Å². The molecule has 2 aromatic rings. The minimum absolute atomic E-state index is 0.0740. The second-order valence-corrected chi connectivity index (χ2v) is 9.77. The third kappa shape index (κ3) is 5.07. The predicted molar refractivity (Wildman–Crippen MR) is 124 cm³/mol. The van der Waals surface area contributed by atoms with Crippen LogP contribution in [-0.4, -0.2) is 37.3 Å². The Bertz CT molecular complexity index is 931. The summed E-state index contributed by atoms with van der Waals surface area (Å²) in [4.78, 5) is 12.3. The third-order valence-corrected chi connectivity index (χ3v) is 6.93. The fraction of sp³-hybridized carbons (Fsp3) is 0.500. The Labute approximate surface area is 190 Å². The van der Waals surface area contributed by atoms with Crippen LogP contribution < -0.4 is 4.74 Å². The molecular weight excluding hydrogens is 410 g/mol. The zero-order valence-corrected chi connectivity index (χ0v) is 19.4. The SMILES string of the molecule is CCCCCCCC(=O)OC[N+]1(C)CC2c3ccccc3Oc3ccc(Cl)cc3C2C1. The van der Waals surface area contributed by atoms with Crippen LogP contribution >= 0.6 is 11.6 Å². The van der Waals surface area contributed by atoms with Gasteiger partial charge in [0.15, 0.2) is 0 Å². The van der Waals surface area contributed by atoms with E-state index in [9.17, 15) is 4.79 Å². The molecule has 0 saturated carbocycles. The van der Waals surface area contributed by atoms with E-state index in [2.05, 4.69) is 26.1 Å². The smallest absolute Gasteiger partial charge is 0.310 e. The number of benzene rings is 2. The molecule has 1 saturated heterocycles. The van der Waals surface area contributed by atoms with Crippen LogP contribution in [0, 0.1) is 0 Å². The molecule has 0 radical (unpaired) electrons. The molecule has 2 aliphatic rings. The summed E-state index contributed by atoms with van der Waals surface area (Å²) >= 11 is 6.36. The van der Waals surface area contributed by atoms with Crippen molar-refractivity contribution < 1.29 is 18.8 Å². The fourth-order valence-electron chi connectivity index (χ4n) is 5.09. The van der Waals surface area contributed by atoms with E-state index in [0.29, 0.717) is 23.6 Å². The summed E-state index contributed by atoms with van der Waals surface area (Å²) < 4.78 is 12.7. The average Bonchev–Trinajstić information content (AvgIpc) is 3.06. The summed E-state index contributed by atoms with van der Waals surface area (Å²) in [5.41, 5.74) is 2.38. The van der Waals surface area contributed by atoms with Gasteiger partial charge in [-0.3, -0.25) is 9.28 Å². The maximum atomic E-state index is 12.3. The maximum absolute atomic E-state index is 12.3. The molecule has 1 fully saturated rings. The van der Waals surface area contributed by atoms with Crippen LogP contribution in [0.15, 0.2) is 42.5 Å². The highest BCUT2D eigenvalue weighted by atomic mass is 35.5. The largest absolute Gasteiger partial charge is 0.457 e. The number of halogens is 1. The zero-order valence-electron chi connectivity index (χ0n) is 18.6. The molecule has 4 rings (SSSR count). The number of likely N-dealkylation sites (tertiary alicyclic amines) is 1. The summed E-state index contributed by atoms with van der Waals surface area (Å²) in [5.74, 6) is 2.29. The van der Waals surface area contributed by atoms with E-state index in [1.165, 1.54) is 24.8 Å². The van der Waals surface area contributed by atoms with E-state index in [-0.39, 0.29) is 11.9 Å². The lowest BCUT2D eigenvalue weighted by molar-refractivity contribution is -0.915. The third-order valence-electron chi connectivity index (χ3n) is 6.69. The highest BCUT2D eigenvalue weighted by molar-refractivity contribution is 6.30. The number of nitrogens with zero attached hydrogens (tertiary/aromatic N) is 1. The van der Waals surface area contributed by atoms with Crippen LogP contribution in [-0.2, 0) is 9.53 Å². The zero-order chi connectivity index (χ0) is 21.8. The lowest BCUT2D eigenvalue weighted by Crippen LogP contribution is -2.44. The number of carbonyl (C=O) groups excluding carboxylic acids is 1. The fourth-order valence-corrected chi connectivity index (χ4v) is 5.27. The van der Waals surface area contributed by atoms with E-state index in [4.69, 9.17) is 21.1 Å². The molecule has 166 valence electrons. The van der Waals surface area contributed by atoms with Gasteiger partial charge in [-0.05, 0) is 30.7 Å². The van der Waals surface area contributed by atoms with Gasteiger partial charge in [-0.1, -0.05) is 62.4 Å². The Morgan fingerprint density at radius 3 is 2.55 bits per heavy atom. The highest BCUT2D eigenvalue weighted by Crippen LogP contribution is 2.51. The van der Waals surface area contributed by atoms with Crippen molar-refractivity contribution in [2.45, 2.75) is 57.3 Å². The van der Waals surface area contributed by atoms with Crippen molar-refractivity contribution in [2.75, 3.05) is 26.9 Å². The normalized spacial score (nSPS) is 23.8. The predicted octanol–water partition coefficient (Wildman–Crippen LogP) is 6.63. The van der Waals surface area contributed by atoms with Crippen LogP contribution in [0.5, 0.6) is 11.5 Å². The Hall–Kier alpha value is -2.04. The summed E-state index contributed by atoms with van der Waals surface area (Å²) in [6.07, 6.45) is 6.20. The molecule has 5 heteroatoms. The van der Waals surface area contributed by atoms with Gasteiger partial charge in [-0.25, -0.2) is 0 Å². The first-order valence-electron chi connectivity index (χ1n) is 11.5. The van der Waals surface area contributed by atoms with E-state index in [1.54, 1.807) is 0 Å². The minimum atomic E-state index is -0.0740. The average molecular weight is 443 g/mol. The quantitative estimate of drug-likeness (QED) is 0.261. The number of hydrogen-bond donors (Lipinski definition) is 0. The molecule has 0 bridgehead atoms. The molecule has 2 aromatic carbocycles. The Kier molecular flexibility index (Phi) is 6.88. The Morgan fingerprint density at radius 1 is 1.03 bits per heavy atom. The molecule has 3 atom stereocenters. The van der Waals surface area contributed by atoms with Gasteiger partial charge in [-0.2, -0.15) is 0 Å². The second-order valence-electron chi connectivity index (χ2n) is 9.33. The molecule has 0 amide bonds. The maximum Gasteiger partial charge on any atom is 0.310 e. The number of ether oxygens (including phenoxy) is 2. The number of unbranched alkanes of at least 4 members (excludes halogenated alkanes) is 4. The molecule has 0 N–H and O–H groups in total. The van der Waals surface area contributed by atoms with Gasteiger partial charge in [0.1, 0.15) is 11.5 Å². The highest BCUT2D eigenvalue weighted by Gasteiger charge is 2.48. The van der Waals surface area contributed by atoms with Crippen LogP contribution in [0.25, 0.3) is 0 Å². The van der Waals surface area contributed by atoms with Crippen molar-refractivity contribution in [3.05, 3.63) is 58.6 Å². The summed E-state index contributed by atoms with van der Waals surface area (Å²) in [7, 11) is 2.19. The molecular formula is C26H33ClNO3+. The molecule has 31 heavy (non-hydrogen) atoms. The van der Waals surface area contributed by atoms with Crippen molar-refractivity contribution in [2.24, 2.45) is 0 Å². The molecule has 3 unspecified atom stereocenters. The van der Waals surface area contributed by atoms with Gasteiger partial charge >= 0.3 is 5.97 Å². The van der Waals surface area contributed by atoms with Gasteiger partial charge in [0.05, 0.1) is 20.1 Å². The minimum Gasteiger partial charge on any atom is -0.457 e. The number of likely N-dealkylation sites (N-methyl/N-ethyl adjacent to an activating group) is 1. The van der Waals surface area contributed by atoms with Crippen molar-refractivity contribution in [1.82, 2.24) is 0 Å². The second kappa shape index (κ2) is 9.62. The van der Waals surface area contributed by atoms with Crippen molar-refractivity contribution in [3.63, 3.8) is 0 Å². The number of fused-ring (bicyclic) bond motifs is 5. The van der Waals surface area contributed by atoms with Crippen LogP contribution in [0.1, 0.15) is 68.4 Å². The summed E-state index contributed by atoms with van der Waals surface area (Å²) in [6.45, 7) is 4.41. The van der Waals surface area contributed by atoms with Crippen molar-refractivity contribution in [3.8, 4) is 11.5 Å². The lowest BCUT2D eigenvalue weighted by atomic mass is 9.84. The first-order valence-corrected chi connectivity index (χ1v) is 11.9. The van der Waals surface area contributed by atoms with Crippen LogP contribution in [0.3, 0.4) is 0 Å². The van der Waals surface area contributed by atoms with Gasteiger partial charge in [-0.15, -0.1) is 0 Å². The van der Waals surface area contributed by atoms with Crippen molar-refractivity contribution in [1.29, 1.82) is 0 Å². The molecule has 0 aromatic heterocycles. The standard InChI is InChI=1S/C26H33ClNO3/c1-3-4-5-6-7-12-26(29)30-18-28(2)16-22-20-10-8-9-11-24(20)31-25-14-13-19(27)15-21(25)23(22)17-28/h8-11,13-15,22-23H,3-7,12,16-18H2,1-2H3/q+1. The van der Waals surface area contributed by atoms with E-state index < -0.39 is 0 Å². The molecule has 2 heterocycles. The van der Waals surface area contributed by atoms with Crippen molar-refractivity contribution >= 4 is 17.6 Å². The lowest BCUT2D eigenvalue weighted by Gasteiger charge is -2.29. The number of rotatable bonds is 8. The number of quaternary nitrogens is 1. The van der Waals surface area contributed by atoms with Crippen LogP contribution in [0.2, 0.25) is 5.02 Å². The van der Waals surface area contributed by atoms with Crippen LogP contribution in [0.4, 0.5) is 0 Å². The Balaban J connectivity index is 1.47. The molecule has 0 aliphatic carbocycles. The first-order chi connectivity index (χ1) is 15.0. The van der Waals surface area contributed by atoms with Gasteiger partial charge in [0.2, 0.25) is 6.73 Å². The molecule has 4 nitrogen and oxygen atoms in total.